The minimum absolute atomic E-state index is 0. The largest absolute Gasteiger partial charge is 0.0776 e. The maximum Gasteiger partial charge on any atom is -0.0193 e. The van der Waals surface area contributed by atoms with Gasteiger partial charge in [0.05, 0.1) is 0 Å². The molecule has 0 aliphatic carbocycles. The lowest BCUT2D eigenvalue weighted by Crippen LogP contribution is -1.88. The van der Waals surface area contributed by atoms with Crippen LogP contribution in [0.15, 0.2) is 30.3 Å². The second kappa shape index (κ2) is 9.31. The third-order valence-corrected chi connectivity index (χ3v) is 1.98. The van der Waals surface area contributed by atoms with Crippen LogP contribution in [0.3, 0.4) is 0 Å². The van der Waals surface area contributed by atoms with Crippen LogP contribution in [0.4, 0.5) is 0 Å². The van der Waals surface area contributed by atoms with Crippen molar-refractivity contribution in [1.29, 1.82) is 0 Å². The third-order valence-electron chi connectivity index (χ3n) is 1.98. The van der Waals surface area contributed by atoms with Gasteiger partial charge in [-0.3, -0.25) is 0 Å². The van der Waals surface area contributed by atoms with E-state index >= 15 is 0 Å². The van der Waals surface area contributed by atoms with E-state index in [0.29, 0.717) is 5.92 Å². The molecule has 0 spiro atoms. The van der Waals surface area contributed by atoms with Crippen LogP contribution in [-0.2, 0) is 0 Å². The van der Waals surface area contributed by atoms with Gasteiger partial charge >= 0.3 is 0 Å². The van der Waals surface area contributed by atoms with Crippen molar-refractivity contribution in [2.75, 3.05) is 0 Å². The van der Waals surface area contributed by atoms with Crippen molar-refractivity contribution < 1.29 is 0 Å². The van der Waals surface area contributed by atoms with Crippen LogP contribution in [-0.4, -0.2) is 0 Å². The van der Waals surface area contributed by atoms with E-state index in [4.69, 9.17) is 0 Å². The van der Waals surface area contributed by atoms with Crippen LogP contribution in [0.25, 0.3) is 0 Å². The Labute approximate surface area is 84.0 Å². The zero-order chi connectivity index (χ0) is 9.40. The Morgan fingerprint density at radius 3 is 1.92 bits per heavy atom. The molecule has 0 N–H and O–H groups in total. The van der Waals surface area contributed by atoms with Gasteiger partial charge in [-0.1, -0.05) is 65.5 Å². The van der Waals surface area contributed by atoms with E-state index in [1.807, 2.05) is 13.8 Å². The van der Waals surface area contributed by atoms with E-state index < -0.39 is 0 Å². The van der Waals surface area contributed by atoms with Crippen LogP contribution in [0.1, 0.15) is 53.0 Å². The summed E-state index contributed by atoms with van der Waals surface area (Å²) in [5, 5.41) is 0. The Hall–Kier alpha value is -0.780. The number of hydrogen-bond acceptors (Lipinski definition) is 0. The van der Waals surface area contributed by atoms with Crippen LogP contribution in [0.5, 0.6) is 0 Å². The summed E-state index contributed by atoms with van der Waals surface area (Å²) < 4.78 is 0. The van der Waals surface area contributed by atoms with Crippen molar-refractivity contribution in [2.45, 2.75) is 47.5 Å². The monoisotopic (exact) mass is 180 g/mol. The molecule has 13 heavy (non-hydrogen) atoms. The topological polar surface area (TPSA) is 0 Å². The molecule has 0 nitrogen and oxygen atoms in total. The molecule has 0 radical (unpaired) electrons. The van der Waals surface area contributed by atoms with Crippen molar-refractivity contribution in [3.8, 4) is 0 Å². The molecule has 0 heterocycles. The Balaban J connectivity index is 0. The number of hydrogen-bond donors (Lipinski definition) is 0. The zero-order valence-corrected chi connectivity index (χ0v) is 8.67. The molecule has 1 aromatic rings. The van der Waals surface area contributed by atoms with E-state index in [1.54, 1.807) is 0 Å². The predicted octanol–water partition coefficient (Wildman–Crippen LogP) is 4.86. The lowest BCUT2D eigenvalue weighted by atomic mass is 9.99. The second-order valence-corrected chi connectivity index (χ2v) is 2.72. The van der Waals surface area contributed by atoms with Gasteiger partial charge in [-0.15, -0.1) is 0 Å². The molecule has 76 valence electrons. The molecule has 0 aromatic heterocycles. The van der Waals surface area contributed by atoms with Crippen molar-refractivity contribution in [3.63, 3.8) is 0 Å². The summed E-state index contributed by atoms with van der Waals surface area (Å²) >= 11 is 0. The average molecular weight is 180 g/mol. The summed E-state index contributed by atoms with van der Waals surface area (Å²) in [6, 6.07) is 10.6. The van der Waals surface area contributed by atoms with E-state index in [2.05, 4.69) is 44.2 Å². The van der Waals surface area contributed by atoms with Gasteiger partial charge in [0, 0.05) is 0 Å². The molecule has 0 aliphatic rings. The van der Waals surface area contributed by atoms with Gasteiger partial charge in [-0.05, 0) is 17.9 Å². The summed E-state index contributed by atoms with van der Waals surface area (Å²) in [5.41, 5.74) is 1.45. The lowest BCUT2D eigenvalue weighted by molar-refractivity contribution is 0.733. The molecule has 0 bridgehead atoms. The molecule has 0 saturated carbocycles. The smallest absolute Gasteiger partial charge is 0.0193 e. The fourth-order valence-electron chi connectivity index (χ4n) is 1.02. The second-order valence-electron chi connectivity index (χ2n) is 2.72. The molecule has 1 rings (SSSR count). The van der Waals surface area contributed by atoms with E-state index in [-0.39, 0.29) is 7.43 Å². The molecule has 1 atom stereocenters. The van der Waals surface area contributed by atoms with Crippen LogP contribution >= 0.6 is 0 Å². The van der Waals surface area contributed by atoms with Gasteiger partial charge in [-0.25, -0.2) is 0 Å². The highest BCUT2D eigenvalue weighted by atomic mass is 14.0. The first kappa shape index (κ1) is 14.7. The molecular formula is C13H24. The molecule has 0 amide bonds. The standard InChI is InChI=1S/C10H14.C2H6.CH4/c1-3-9(2)10-7-5-4-6-8-10;1-2;/h4-9H,3H2,1-2H3;1-2H3;1H4/t9-;;/m0../s1. The quantitative estimate of drug-likeness (QED) is 0.609. The SMILES string of the molecule is C.CC.CC[C@H](C)c1ccccc1. The van der Waals surface area contributed by atoms with E-state index in [0.717, 1.165) is 0 Å². The first-order valence-corrected chi connectivity index (χ1v) is 4.89. The fourth-order valence-corrected chi connectivity index (χ4v) is 1.02. The normalized spacial score (nSPS) is 10.5. The summed E-state index contributed by atoms with van der Waals surface area (Å²) in [7, 11) is 0. The van der Waals surface area contributed by atoms with E-state index in [1.165, 1.54) is 12.0 Å². The maximum absolute atomic E-state index is 2.26. The van der Waals surface area contributed by atoms with Crippen molar-refractivity contribution in [1.82, 2.24) is 0 Å². The van der Waals surface area contributed by atoms with Gasteiger partial charge in [0.1, 0.15) is 0 Å². The van der Waals surface area contributed by atoms with Gasteiger partial charge < -0.3 is 0 Å². The molecule has 0 saturated heterocycles. The van der Waals surface area contributed by atoms with Crippen molar-refractivity contribution in [2.24, 2.45) is 0 Å². The van der Waals surface area contributed by atoms with Crippen LogP contribution < -0.4 is 0 Å². The summed E-state index contributed by atoms with van der Waals surface area (Å²) in [5.74, 6) is 0.709. The Kier molecular flexibility index (Phi) is 10.5. The summed E-state index contributed by atoms with van der Waals surface area (Å²) in [6.07, 6.45) is 1.23. The summed E-state index contributed by atoms with van der Waals surface area (Å²) in [4.78, 5) is 0. The lowest BCUT2D eigenvalue weighted by Gasteiger charge is -2.06. The molecular weight excluding hydrogens is 156 g/mol. The van der Waals surface area contributed by atoms with Crippen LogP contribution in [0, 0.1) is 0 Å². The van der Waals surface area contributed by atoms with Crippen LogP contribution in [0.2, 0.25) is 0 Å². The van der Waals surface area contributed by atoms with E-state index in [9.17, 15) is 0 Å². The Morgan fingerprint density at radius 1 is 1.08 bits per heavy atom. The predicted molar refractivity (Wildman–Crippen MR) is 63.2 cm³/mol. The van der Waals surface area contributed by atoms with Gasteiger partial charge in [0.2, 0.25) is 0 Å². The first-order valence-electron chi connectivity index (χ1n) is 4.89. The summed E-state index contributed by atoms with van der Waals surface area (Å²) in [6.45, 7) is 8.48. The van der Waals surface area contributed by atoms with Crippen molar-refractivity contribution in [3.05, 3.63) is 35.9 Å². The number of benzene rings is 1. The van der Waals surface area contributed by atoms with Crippen molar-refractivity contribution >= 4 is 0 Å². The molecule has 1 aromatic carbocycles. The maximum atomic E-state index is 2.26. The Bertz CT molecular complexity index is 176. The number of rotatable bonds is 2. The van der Waals surface area contributed by atoms with Gasteiger partial charge in [-0.2, -0.15) is 0 Å². The third kappa shape index (κ3) is 5.46. The molecule has 0 fully saturated rings. The minimum Gasteiger partial charge on any atom is -0.0776 e. The van der Waals surface area contributed by atoms with Gasteiger partial charge in [0.25, 0.3) is 0 Å². The minimum atomic E-state index is 0. The highest BCUT2D eigenvalue weighted by molar-refractivity contribution is 5.18. The zero-order valence-electron chi connectivity index (χ0n) is 8.67. The average Bonchev–Trinajstić information content (AvgIpc) is 2.21. The fraction of sp³-hybridized carbons (Fsp3) is 0.538. The highest BCUT2D eigenvalue weighted by Gasteiger charge is 1.98. The van der Waals surface area contributed by atoms with Gasteiger partial charge in [0.15, 0.2) is 0 Å². The Morgan fingerprint density at radius 2 is 1.54 bits per heavy atom. The first-order chi connectivity index (χ1) is 5.84. The molecule has 0 unspecified atom stereocenters. The molecule has 0 heteroatoms. The highest BCUT2D eigenvalue weighted by Crippen LogP contribution is 2.16. The molecule has 0 aliphatic heterocycles.